The van der Waals surface area contributed by atoms with Gasteiger partial charge in [0.2, 0.25) is 5.91 Å². The van der Waals surface area contributed by atoms with Gasteiger partial charge in [0.1, 0.15) is 11.7 Å². The molecule has 1 saturated carbocycles. The van der Waals surface area contributed by atoms with Crippen molar-refractivity contribution in [2.45, 2.75) is 45.0 Å². The van der Waals surface area contributed by atoms with Crippen LogP contribution in [0.25, 0.3) is 0 Å². The van der Waals surface area contributed by atoms with E-state index in [9.17, 15) is 9.59 Å². The lowest BCUT2D eigenvalue weighted by Gasteiger charge is -2.39. The van der Waals surface area contributed by atoms with Crippen molar-refractivity contribution in [3.05, 3.63) is 64.2 Å². The van der Waals surface area contributed by atoms with Crippen LogP contribution in [0.4, 0.5) is 8.78 Å². The fraction of sp³-hybridized carbons (Fsp3) is 0.533. The Morgan fingerprint density at radius 3 is 2.55 bits per heavy atom. The number of hydrogen-bond acceptors (Lipinski definition) is 3. The van der Waals surface area contributed by atoms with Crippen LogP contribution in [0, 0.1) is 23.2 Å². The molecule has 5 nitrogen and oxygen atoms in total. The maximum Gasteiger partial charge on any atom is 0.285 e. The van der Waals surface area contributed by atoms with Crippen LogP contribution in [-0.4, -0.2) is 55.4 Å². The summed E-state index contributed by atoms with van der Waals surface area (Å²) in [6, 6.07) is 11.7. The van der Waals surface area contributed by atoms with Crippen molar-refractivity contribution >= 4 is 23.4 Å². The normalized spacial score (nSPS) is 23.9. The molecule has 8 heteroatoms. The fourth-order valence-electron chi connectivity index (χ4n) is 6.51. The fourth-order valence-corrected chi connectivity index (χ4v) is 6.76. The monoisotopic (exact) mass is 544 g/mol. The van der Waals surface area contributed by atoms with Gasteiger partial charge in [-0.1, -0.05) is 42.8 Å². The molecule has 2 amide bonds. The zero-order valence-electron chi connectivity index (χ0n) is 22.2. The molecule has 0 aromatic heterocycles. The van der Waals surface area contributed by atoms with Crippen LogP contribution in [0.3, 0.4) is 0 Å². The molecule has 2 aromatic carbocycles. The molecule has 1 heterocycles. The van der Waals surface area contributed by atoms with Gasteiger partial charge in [0.15, 0.2) is 0 Å². The Bertz CT molecular complexity index is 1230. The Kier molecular flexibility index (Phi) is 7.18. The summed E-state index contributed by atoms with van der Waals surface area (Å²) in [5, 5.41) is 0.362. The number of amides is 2. The molecule has 38 heavy (non-hydrogen) atoms. The maximum atomic E-state index is 15.3. The second-order valence-corrected chi connectivity index (χ2v) is 11.9. The number of aryl methyl sites for hydroxylation is 1. The Balaban J connectivity index is 1.13. The Labute approximate surface area is 228 Å². The number of rotatable bonds is 6. The van der Waals surface area contributed by atoms with Crippen molar-refractivity contribution < 1.29 is 23.1 Å². The number of nitrogens with zero attached hydrogens (tertiary/aromatic N) is 2. The highest BCUT2D eigenvalue weighted by atomic mass is 35.5. The predicted molar refractivity (Wildman–Crippen MR) is 143 cm³/mol. The zero-order valence-corrected chi connectivity index (χ0v) is 22.9. The molecule has 1 spiro atoms. The van der Waals surface area contributed by atoms with Gasteiger partial charge in [0.05, 0.1) is 17.2 Å². The second-order valence-electron chi connectivity index (χ2n) is 11.5. The molecule has 3 aliphatic rings. The van der Waals surface area contributed by atoms with Crippen LogP contribution >= 0.6 is 11.6 Å². The van der Waals surface area contributed by atoms with E-state index in [2.05, 4.69) is 6.92 Å². The number of likely N-dealkylation sites (tertiary alicyclic amines) is 1. The number of ether oxygens (including phenoxy) is 1. The molecule has 0 bridgehead atoms. The van der Waals surface area contributed by atoms with Gasteiger partial charge in [-0.15, -0.1) is 0 Å². The summed E-state index contributed by atoms with van der Waals surface area (Å²) in [5.41, 5.74) is 1.27. The number of halogens is 3. The number of carbonyl (C=O) groups is 2. The second kappa shape index (κ2) is 10.1. The molecule has 1 unspecified atom stereocenters. The lowest BCUT2D eigenvalue weighted by atomic mass is 9.79. The van der Waals surface area contributed by atoms with E-state index in [-0.39, 0.29) is 23.3 Å². The average molecular weight is 545 g/mol. The Morgan fingerprint density at radius 2 is 1.87 bits per heavy atom. The van der Waals surface area contributed by atoms with E-state index >= 15 is 8.78 Å². The van der Waals surface area contributed by atoms with E-state index < -0.39 is 17.7 Å². The first-order valence-electron chi connectivity index (χ1n) is 13.4. The van der Waals surface area contributed by atoms with Gasteiger partial charge in [-0.05, 0) is 73.1 Å². The topological polar surface area (TPSA) is 49.9 Å². The van der Waals surface area contributed by atoms with Gasteiger partial charge in [0.25, 0.3) is 11.8 Å². The number of fused-ring (bicyclic) bond motifs is 1. The molecule has 2 fully saturated rings. The van der Waals surface area contributed by atoms with Gasteiger partial charge >= 0.3 is 0 Å². The van der Waals surface area contributed by atoms with E-state index in [4.69, 9.17) is 16.3 Å². The van der Waals surface area contributed by atoms with Crippen molar-refractivity contribution in [1.29, 1.82) is 0 Å². The first-order valence-corrected chi connectivity index (χ1v) is 13.8. The van der Waals surface area contributed by atoms with Crippen molar-refractivity contribution in [1.82, 2.24) is 9.80 Å². The minimum Gasteiger partial charge on any atom is -0.493 e. The van der Waals surface area contributed by atoms with E-state index in [0.29, 0.717) is 59.9 Å². The largest absolute Gasteiger partial charge is 0.493 e. The lowest BCUT2D eigenvalue weighted by Crippen LogP contribution is -2.48. The minimum absolute atomic E-state index is 0.00869. The van der Waals surface area contributed by atoms with Crippen LogP contribution < -0.4 is 4.74 Å². The van der Waals surface area contributed by atoms with Crippen LogP contribution in [0.1, 0.15) is 54.1 Å². The summed E-state index contributed by atoms with van der Waals surface area (Å²) in [4.78, 5) is 28.5. The summed E-state index contributed by atoms with van der Waals surface area (Å²) in [7, 11) is 3.36. The molecule has 1 aliphatic heterocycles. The van der Waals surface area contributed by atoms with Gasteiger partial charge in [0, 0.05) is 32.7 Å². The molecular formula is C30H35ClF2N2O3. The molecule has 0 radical (unpaired) electrons. The third-order valence-electron chi connectivity index (χ3n) is 8.92. The maximum absolute atomic E-state index is 15.3. The van der Waals surface area contributed by atoms with Crippen molar-refractivity contribution in [2.24, 2.45) is 23.2 Å². The minimum atomic E-state index is -3.13. The highest BCUT2D eigenvalue weighted by Crippen LogP contribution is 2.62. The number of hydrogen-bond donors (Lipinski definition) is 0. The summed E-state index contributed by atoms with van der Waals surface area (Å²) in [6.07, 6.45) is 3.46. The summed E-state index contributed by atoms with van der Waals surface area (Å²) in [6.45, 7) is 3.77. The summed E-state index contributed by atoms with van der Waals surface area (Å²) < 4.78 is 36.5. The van der Waals surface area contributed by atoms with Gasteiger partial charge in [-0.3, -0.25) is 9.59 Å². The first kappa shape index (κ1) is 26.9. The molecule has 2 aromatic rings. The van der Waals surface area contributed by atoms with E-state index in [1.165, 1.54) is 11.0 Å². The SMILES string of the molecule is C[C@@H](COc1ccc(C(=O)N(C)C)c(Cl)c1)[C@H]1CC12CCN(C(=O)C1CCc3ccccc3C1(F)F)CC2. The van der Waals surface area contributed by atoms with E-state index in [1.807, 2.05) is 0 Å². The standard InChI is InChI=1S/C30H35ClF2N2O3/c1-19(18-38-21-9-10-22(26(31)16-21)27(36)34(2)3)25-17-29(25)12-14-35(15-13-29)28(37)24-11-8-20-6-4-5-7-23(20)30(24,32)33/h4-7,9-10,16,19,24-25H,8,11-15,17-18H2,1-3H3/t19-,24?,25+/m0/s1. The van der Waals surface area contributed by atoms with Crippen molar-refractivity contribution in [3.8, 4) is 5.75 Å². The van der Waals surface area contributed by atoms with E-state index in [1.54, 1.807) is 55.4 Å². The van der Waals surface area contributed by atoms with Gasteiger partial charge in [-0.25, -0.2) is 8.78 Å². The highest BCUT2D eigenvalue weighted by Gasteiger charge is 2.58. The van der Waals surface area contributed by atoms with Crippen LogP contribution in [-0.2, 0) is 17.1 Å². The highest BCUT2D eigenvalue weighted by molar-refractivity contribution is 6.34. The van der Waals surface area contributed by atoms with Crippen LogP contribution in [0.5, 0.6) is 5.75 Å². The zero-order chi connectivity index (χ0) is 27.2. The van der Waals surface area contributed by atoms with Gasteiger partial charge < -0.3 is 14.5 Å². The third kappa shape index (κ3) is 4.90. The Morgan fingerprint density at radius 1 is 1.16 bits per heavy atom. The molecule has 0 N–H and O–H groups in total. The lowest BCUT2D eigenvalue weighted by molar-refractivity contribution is -0.156. The smallest absolute Gasteiger partial charge is 0.285 e. The van der Waals surface area contributed by atoms with Gasteiger partial charge in [-0.2, -0.15) is 0 Å². The number of alkyl halides is 2. The number of benzene rings is 2. The summed E-state index contributed by atoms with van der Waals surface area (Å²) in [5.74, 6) is -3.55. The van der Waals surface area contributed by atoms with Crippen molar-refractivity contribution in [3.63, 3.8) is 0 Å². The average Bonchev–Trinajstić information content (AvgIpc) is 3.60. The number of piperidine rings is 1. The van der Waals surface area contributed by atoms with E-state index in [0.717, 1.165) is 19.3 Å². The molecule has 1 saturated heterocycles. The number of carbonyl (C=O) groups excluding carboxylic acids is 2. The molecular weight excluding hydrogens is 510 g/mol. The summed E-state index contributed by atoms with van der Waals surface area (Å²) >= 11 is 6.31. The quantitative estimate of drug-likeness (QED) is 0.445. The molecule has 5 rings (SSSR count). The Hall–Kier alpha value is -2.67. The third-order valence-corrected chi connectivity index (χ3v) is 9.23. The van der Waals surface area contributed by atoms with Crippen LogP contribution in [0.15, 0.2) is 42.5 Å². The van der Waals surface area contributed by atoms with Crippen LogP contribution in [0.2, 0.25) is 5.02 Å². The molecule has 3 atom stereocenters. The predicted octanol–water partition coefficient (Wildman–Crippen LogP) is 6.04. The first-order chi connectivity index (χ1) is 18.0. The molecule has 204 valence electrons. The molecule has 2 aliphatic carbocycles. The van der Waals surface area contributed by atoms with Crippen molar-refractivity contribution in [2.75, 3.05) is 33.8 Å².